The fourth-order valence-corrected chi connectivity index (χ4v) is 4.07. The van der Waals surface area contributed by atoms with Crippen molar-refractivity contribution in [2.45, 2.75) is 135 Å². The fourth-order valence-electron chi connectivity index (χ4n) is 3.11. The van der Waals surface area contributed by atoms with Crippen LogP contribution >= 0.6 is 7.60 Å². The second-order valence-electron chi connectivity index (χ2n) is 12.2. The Morgan fingerprint density at radius 3 is 1.31 bits per heavy atom. The molecule has 2 aromatic rings. The van der Waals surface area contributed by atoms with E-state index in [0.29, 0.717) is 6.42 Å². The molecule has 0 aromatic heterocycles. The van der Waals surface area contributed by atoms with Crippen molar-refractivity contribution in [1.29, 1.82) is 0 Å². The average Bonchev–Trinajstić information content (AvgIpc) is 2.86. The van der Waals surface area contributed by atoms with E-state index in [0.717, 1.165) is 24.8 Å². The second-order valence-corrected chi connectivity index (χ2v) is 14.0. The van der Waals surface area contributed by atoms with Gasteiger partial charge in [-0.2, -0.15) is 0 Å². The summed E-state index contributed by atoms with van der Waals surface area (Å²) in [4.78, 5) is 27.6. The van der Waals surface area contributed by atoms with Crippen LogP contribution in [0.25, 0.3) is 0 Å². The van der Waals surface area contributed by atoms with Crippen molar-refractivity contribution in [3.8, 4) is 5.75 Å². The van der Waals surface area contributed by atoms with E-state index in [1.54, 1.807) is 6.07 Å². The molecule has 0 aliphatic carbocycles. The van der Waals surface area contributed by atoms with Crippen molar-refractivity contribution in [3.05, 3.63) is 64.2 Å². The Labute approximate surface area is 259 Å². The van der Waals surface area contributed by atoms with Crippen LogP contribution in [0.4, 0.5) is 0 Å². The molecule has 0 saturated carbocycles. The van der Waals surface area contributed by atoms with Crippen molar-refractivity contribution in [2.24, 2.45) is 5.41 Å². The molecule has 0 spiro atoms. The van der Waals surface area contributed by atoms with Crippen LogP contribution < -0.4 is 0 Å². The molecule has 6 nitrogen and oxygen atoms in total. The van der Waals surface area contributed by atoms with Crippen molar-refractivity contribution in [3.63, 3.8) is 0 Å². The first-order valence-electron chi connectivity index (χ1n) is 14.5. The third kappa shape index (κ3) is 23.4. The van der Waals surface area contributed by atoms with Crippen LogP contribution in [0.1, 0.15) is 143 Å². The lowest BCUT2D eigenvalue weighted by molar-refractivity contribution is 0.0693. The van der Waals surface area contributed by atoms with E-state index in [-0.39, 0.29) is 43.2 Å². The third-order valence-corrected chi connectivity index (χ3v) is 6.89. The quantitative estimate of drug-likeness (QED) is 0.231. The number of carboxylic acids is 1. The zero-order valence-corrected chi connectivity index (χ0v) is 27.9. The Hall–Kier alpha value is -2.14. The summed E-state index contributed by atoms with van der Waals surface area (Å²) < 4.78 is 10.4. The van der Waals surface area contributed by atoms with Gasteiger partial charge in [0.25, 0.3) is 0 Å². The molecule has 0 atom stereocenters. The highest BCUT2D eigenvalue weighted by Gasteiger charge is 2.19. The zero-order chi connectivity index (χ0) is 31.7. The first-order valence-corrected chi connectivity index (χ1v) is 16.3. The number of carboxylic acid groups (broad SMARTS) is 1. The predicted molar refractivity (Wildman–Crippen MR) is 183 cm³/mol. The highest BCUT2D eigenvalue weighted by molar-refractivity contribution is 7.51. The zero-order valence-electron chi connectivity index (χ0n) is 27.0. The molecule has 0 unspecified atom stereocenters. The number of carbonyl (C=O) groups is 1. The van der Waals surface area contributed by atoms with Crippen LogP contribution in [0.5, 0.6) is 5.75 Å². The molecule has 0 amide bonds. The van der Waals surface area contributed by atoms with Gasteiger partial charge >= 0.3 is 13.6 Å². The Morgan fingerprint density at radius 1 is 0.738 bits per heavy atom. The first-order chi connectivity index (χ1) is 18.2. The van der Waals surface area contributed by atoms with E-state index in [4.69, 9.17) is 14.9 Å². The van der Waals surface area contributed by atoms with Gasteiger partial charge in [0, 0.05) is 0 Å². The van der Waals surface area contributed by atoms with E-state index < -0.39 is 13.6 Å². The van der Waals surface area contributed by atoms with E-state index in [1.807, 2.05) is 41.5 Å². The third-order valence-electron chi connectivity index (χ3n) is 6.08. The number of aromatic carboxylic acids is 1. The number of phenols is 1. The number of benzene rings is 2. The molecule has 7 heteroatoms. The lowest BCUT2D eigenvalue weighted by atomic mass is 9.86. The average molecular weight is 613 g/mol. The molecular weight excluding hydrogens is 547 g/mol. The summed E-state index contributed by atoms with van der Waals surface area (Å²) in [6.45, 7) is 22.9. The van der Waals surface area contributed by atoms with Gasteiger partial charge in [-0.3, -0.25) is 4.57 Å². The monoisotopic (exact) mass is 612 g/mol. The highest BCUT2D eigenvalue weighted by atomic mass is 31.2. The van der Waals surface area contributed by atoms with Gasteiger partial charge in [-0.25, -0.2) is 4.79 Å². The summed E-state index contributed by atoms with van der Waals surface area (Å²) in [5.74, 6) is -1.28. The molecule has 246 valence electrons. The van der Waals surface area contributed by atoms with Crippen LogP contribution in [0.2, 0.25) is 0 Å². The van der Waals surface area contributed by atoms with Crippen molar-refractivity contribution < 1.29 is 29.4 Å². The Kier molecular flexibility index (Phi) is 25.0. The molecule has 42 heavy (non-hydrogen) atoms. The molecule has 0 bridgehead atoms. The van der Waals surface area contributed by atoms with Crippen molar-refractivity contribution in [2.75, 3.05) is 6.16 Å². The predicted octanol–water partition coefficient (Wildman–Crippen LogP) is 10.4. The molecule has 4 N–H and O–H groups in total. The smallest absolute Gasteiger partial charge is 0.339 e. The summed E-state index contributed by atoms with van der Waals surface area (Å²) in [5.41, 5.74) is 5.22. The van der Waals surface area contributed by atoms with E-state index >= 15 is 0 Å². The molecule has 0 saturated heterocycles. The number of aryl methyl sites for hydroxylation is 3. The van der Waals surface area contributed by atoms with Crippen LogP contribution in [-0.4, -0.2) is 32.1 Å². The highest BCUT2D eigenvalue weighted by Crippen LogP contribution is 2.38. The SMILES string of the molecule is C.C.CC(C)(C)CCP(=O)(O)O.CC(C)(C)c1ccc(C(=O)O)c(O)c1.CCCC.CCc1cc(CC)cc(CC)c1. The van der Waals surface area contributed by atoms with Gasteiger partial charge in [-0.1, -0.05) is 128 Å². The van der Waals surface area contributed by atoms with Gasteiger partial charge in [0.05, 0.1) is 6.16 Å². The lowest BCUT2D eigenvalue weighted by Crippen LogP contribution is -2.11. The largest absolute Gasteiger partial charge is 0.507 e. The van der Waals surface area contributed by atoms with Gasteiger partial charge in [0.1, 0.15) is 11.3 Å². The minimum Gasteiger partial charge on any atom is -0.507 e. The molecule has 0 fully saturated rings. The Balaban J connectivity index is -0.000000239. The van der Waals surface area contributed by atoms with Crippen molar-refractivity contribution >= 4 is 13.6 Å². The van der Waals surface area contributed by atoms with Gasteiger partial charge in [-0.15, -0.1) is 0 Å². The molecule has 0 radical (unpaired) electrons. The molecule has 2 aromatic carbocycles. The summed E-state index contributed by atoms with van der Waals surface area (Å²) in [6, 6.07) is 11.6. The molecule has 2 rings (SSSR count). The minimum absolute atomic E-state index is 0. The van der Waals surface area contributed by atoms with Gasteiger partial charge in [0.2, 0.25) is 0 Å². The molecule has 0 aliphatic heterocycles. The Bertz CT molecular complexity index is 985. The van der Waals surface area contributed by atoms with Gasteiger partial charge < -0.3 is 20.0 Å². The number of aromatic hydroxyl groups is 1. The van der Waals surface area contributed by atoms with Gasteiger partial charge in [0.15, 0.2) is 0 Å². The maximum atomic E-state index is 10.6. The van der Waals surface area contributed by atoms with Crippen LogP contribution in [0.3, 0.4) is 0 Å². The van der Waals surface area contributed by atoms with E-state index in [9.17, 15) is 14.5 Å². The number of unbranched alkanes of at least 4 members (excludes halogenated alkanes) is 1. The maximum Gasteiger partial charge on any atom is 0.339 e. The lowest BCUT2D eigenvalue weighted by Gasteiger charge is -2.19. The molecule has 0 heterocycles. The second kappa shape index (κ2) is 22.4. The summed E-state index contributed by atoms with van der Waals surface area (Å²) >= 11 is 0. The number of rotatable bonds is 7. The fraction of sp³-hybridized carbons (Fsp3) is 0.629. The Morgan fingerprint density at radius 2 is 1.12 bits per heavy atom. The maximum absolute atomic E-state index is 10.6. The first kappa shape index (κ1) is 46.8. The van der Waals surface area contributed by atoms with Crippen LogP contribution in [-0.2, 0) is 29.2 Å². The van der Waals surface area contributed by atoms with Crippen molar-refractivity contribution in [1.82, 2.24) is 0 Å². The summed E-state index contributed by atoms with van der Waals surface area (Å²) in [6.07, 6.45) is 6.66. The van der Waals surface area contributed by atoms with Gasteiger partial charge in [-0.05, 0) is 70.9 Å². The minimum atomic E-state index is -3.76. The molecular formula is C35H65O6P. The van der Waals surface area contributed by atoms with E-state index in [1.165, 1.54) is 41.7 Å². The summed E-state index contributed by atoms with van der Waals surface area (Å²) in [7, 11) is -3.76. The standard InChI is InChI=1S/C12H18.C11H14O3.C6H15O3P.C4H10.2CH4/c1-4-10-7-11(5-2)9-12(6-3)8-10;1-11(2,3)7-4-5-8(10(13)14)9(12)6-7;1-6(2,3)4-5-10(7,8)9;1-3-4-2;;/h7-9H,4-6H2,1-3H3;4-6,12H,1-3H3,(H,13,14);4-5H2,1-3H3,(H2,7,8,9);3-4H2,1-2H3;2*1H4. The number of hydrogen-bond acceptors (Lipinski definition) is 3. The topological polar surface area (TPSA) is 115 Å². The van der Waals surface area contributed by atoms with Crippen LogP contribution in [0.15, 0.2) is 36.4 Å². The van der Waals surface area contributed by atoms with Crippen LogP contribution in [0, 0.1) is 5.41 Å². The molecule has 0 aliphatic rings. The number of hydrogen-bond donors (Lipinski definition) is 4. The summed E-state index contributed by atoms with van der Waals surface area (Å²) in [5, 5.41) is 18.1. The normalized spacial score (nSPS) is 10.7. The van der Waals surface area contributed by atoms with E-state index in [2.05, 4.69) is 52.8 Å².